The first-order valence-corrected chi connectivity index (χ1v) is 7.96. The first kappa shape index (κ1) is 16.1. The second-order valence-electron chi connectivity index (χ2n) is 5.84. The molecule has 0 aliphatic heterocycles. The van der Waals surface area contributed by atoms with E-state index in [0.717, 1.165) is 27.7 Å². The fraction of sp³-hybridized carbons (Fsp3) is 0.333. The highest BCUT2D eigenvalue weighted by Crippen LogP contribution is 2.24. The van der Waals surface area contributed by atoms with Crippen LogP contribution in [0.25, 0.3) is 10.9 Å². The Morgan fingerprint density at radius 3 is 2.62 bits per heavy atom. The quantitative estimate of drug-likeness (QED) is 0.798. The average molecular weight is 324 g/mol. The average Bonchev–Trinajstić information content (AvgIpc) is 3.04. The monoisotopic (exact) mass is 324 g/mol. The van der Waals surface area contributed by atoms with E-state index in [9.17, 15) is 4.79 Å². The van der Waals surface area contributed by atoms with E-state index in [1.54, 1.807) is 6.07 Å². The Morgan fingerprint density at radius 2 is 1.92 bits per heavy atom. The van der Waals surface area contributed by atoms with E-state index in [1.165, 1.54) is 0 Å². The van der Waals surface area contributed by atoms with Gasteiger partial charge in [0.2, 0.25) is 11.8 Å². The van der Waals surface area contributed by atoms with Gasteiger partial charge in [0.1, 0.15) is 0 Å². The molecule has 0 fully saturated rings. The van der Waals surface area contributed by atoms with Crippen LogP contribution in [0.2, 0.25) is 0 Å². The molecule has 0 saturated heterocycles. The van der Waals surface area contributed by atoms with Crippen LogP contribution < -0.4 is 5.32 Å². The van der Waals surface area contributed by atoms with Gasteiger partial charge < -0.3 is 9.73 Å². The minimum Gasteiger partial charge on any atom is -0.423 e. The zero-order chi connectivity index (χ0) is 17.3. The van der Waals surface area contributed by atoms with E-state index in [2.05, 4.69) is 20.5 Å². The van der Waals surface area contributed by atoms with Gasteiger partial charge >= 0.3 is 0 Å². The van der Waals surface area contributed by atoms with Crippen LogP contribution in [0.5, 0.6) is 0 Å². The molecule has 0 atom stereocenters. The van der Waals surface area contributed by atoms with Crippen LogP contribution in [0.1, 0.15) is 45.9 Å². The van der Waals surface area contributed by atoms with Crippen LogP contribution in [0.4, 0.5) is 0 Å². The third-order valence-corrected chi connectivity index (χ3v) is 4.09. The van der Waals surface area contributed by atoms with Gasteiger partial charge in [-0.3, -0.25) is 9.78 Å². The number of nitrogens with zero attached hydrogens (tertiary/aromatic N) is 3. The van der Waals surface area contributed by atoms with Gasteiger partial charge in [-0.1, -0.05) is 19.1 Å². The molecule has 124 valence electrons. The summed E-state index contributed by atoms with van der Waals surface area (Å²) in [6.07, 6.45) is 0.674. The van der Waals surface area contributed by atoms with E-state index < -0.39 is 0 Å². The van der Waals surface area contributed by atoms with Crippen molar-refractivity contribution in [2.75, 3.05) is 0 Å². The summed E-state index contributed by atoms with van der Waals surface area (Å²) in [4.78, 5) is 17.2. The number of hydrogen-bond donors (Lipinski definition) is 1. The van der Waals surface area contributed by atoms with Crippen molar-refractivity contribution in [1.29, 1.82) is 0 Å². The molecule has 0 aliphatic rings. The largest absolute Gasteiger partial charge is 0.423 e. The molecule has 0 unspecified atom stereocenters. The Balaban J connectivity index is 1.90. The van der Waals surface area contributed by atoms with Crippen molar-refractivity contribution in [1.82, 2.24) is 20.5 Å². The Bertz CT molecular complexity index is 915. The van der Waals surface area contributed by atoms with Crippen molar-refractivity contribution < 1.29 is 9.21 Å². The normalized spacial score (nSPS) is 11.0. The van der Waals surface area contributed by atoms with Crippen LogP contribution in [-0.4, -0.2) is 21.1 Å². The summed E-state index contributed by atoms with van der Waals surface area (Å²) >= 11 is 0. The number of pyridine rings is 1. The molecule has 24 heavy (non-hydrogen) atoms. The Kier molecular flexibility index (Phi) is 4.29. The van der Waals surface area contributed by atoms with Crippen molar-refractivity contribution in [3.8, 4) is 0 Å². The third-order valence-electron chi connectivity index (χ3n) is 4.09. The Labute approximate surface area is 140 Å². The zero-order valence-corrected chi connectivity index (χ0v) is 14.3. The van der Waals surface area contributed by atoms with Crippen LogP contribution in [0.3, 0.4) is 0 Å². The van der Waals surface area contributed by atoms with Gasteiger partial charge in [0, 0.05) is 17.5 Å². The van der Waals surface area contributed by atoms with E-state index in [4.69, 9.17) is 4.42 Å². The molecule has 6 nitrogen and oxygen atoms in total. The predicted octanol–water partition coefficient (Wildman–Crippen LogP) is 3.04. The van der Waals surface area contributed by atoms with Gasteiger partial charge in [0.15, 0.2) is 0 Å². The molecule has 0 bridgehead atoms. The zero-order valence-electron chi connectivity index (χ0n) is 14.3. The van der Waals surface area contributed by atoms with Gasteiger partial charge in [-0.2, -0.15) is 0 Å². The molecule has 0 aliphatic carbocycles. The van der Waals surface area contributed by atoms with Crippen molar-refractivity contribution >= 4 is 16.8 Å². The Hall–Kier alpha value is -2.76. The summed E-state index contributed by atoms with van der Waals surface area (Å²) in [7, 11) is 0. The maximum atomic E-state index is 12.6. The molecule has 6 heteroatoms. The van der Waals surface area contributed by atoms with Crippen LogP contribution in [-0.2, 0) is 13.0 Å². The molecule has 0 saturated carbocycles. The SMILES string of the molecule is CCc1nnc(CNC(=O)c2cc(C)nc3c(C)c(C)ccc23)o1. The van der Waals surface area contributed by atoms with Gasteiger partial charge in [-0.05, 0) is 38.0 Å². The van der Waals surface area contributed by atoms with Crippen LogP contribution >= 0.6 is 0 Å². The number of amides is 1. The highest BCUT2D eigenvalue weighted by atomic mass is 16.4. The molecule has 1 aromatic carbocycles. The number of fused-ring (bicyclic) bond motifs is 1. The standard InChI is InChI=1S/C18H20N4O2/c1-5-15-21-22-16(24-15)9-19-18(23)14-8-11(3)20-17-12(4)10(2)6-7-13(14)17/h6-8H,5,9H2,1-4H3,(H,19,23). The Morgan fingerprint density at radius 1 is 1.17 bits per heavy atom. The summed E-state index contributed by atoms with van der Waals surface area (Å²) in [5.74, 6) is 0.794. The van der Waals surface area contributed by atoms with E-state index >= 15 is 0 Å². The number of hydrogen-bond acceptors (Lipinski definition) is 5. The highest BCUT2D eigenvalue weighted by molar-refractivity contribution is 6.06. The number of rotatable bonds is 4. The molecule has 2 heterocycles. The van der Waals surface area contributed by atoms with E-state index in [1.807, 2.05) is 39.8 Å². The number of carbonyl (C=O) groups is 1. The van der Waals surface area contributed by atoms with Gasteiger partial charge in [-0.15, -0.1) is 10.2 Å². The lowest BCUT2D eigenvalue weighted by Crippen LogP contribution is -2.23. The smallest absolute Gasteiger partial charge is 0.252 e. The van der Waals surface area contributed by atoms with E-state index in [-0.39, 0.29) is 12.5 Å². The summed E-state index contributed by atoms with van der Waals surface area (Å²) in [5, 5.41) is 11.5. The third kappa shape index (κ3) is 2.99. The van der Waals surface area contributed by atoms with Crippen molar-refractivity contribution in [3.05, 3.63) is 52.4 Å². The maximum absolute atomic E-state index is 12.6. The van der Waals surface area contributed by atoms with Crippen LogP contribution in [0, 0.1) is 20.8 Å². The molecule has 1 amide bonds. The van der Waals surface area contributed by atoms with Crippen molar-refractivity contribution in [3.63, 3.8) is 0 Å². The highest BCUT2D eigenvalue weighted by Gasteiger charge is 2.15. The lowest BCUT2D eigenvalue weighted by Gasteiger charge is -2.11. The van der Waals surface area contributed by atoms with Gasteiger partial charge in [-0.25, -0.2) is 0 Å². The van der Waals surface area contributed by atoms with Crippen molar-refractivity contribution in [2.24, 2.45) is 0 Å². The first-order chi connectivity index (χ1) is 11.5. The fourth-order valence-electron chi connectivity index (χ4n) is 2.60. The molecule has 3 aromatic rings. The fourth-order valence-corrected chi connectivity index (χ4v) is 2.60. The van der Waals surface area contributed by atoms with Crippen molar-refractivity contribution in [2.45, 2.75) is 40.7 Å². The molecule has 2 aromatic heterocycles. The number of nitrogens with one attached hydrogen (secondary N) is 1. The summed E-state index contributed by atoms with van der Waals surface area (Å²) < 4.78 is 5.42. The molecule has 3 rings (SSSR count). The second kappa shape index (κ2) is 6.39. The summed E-state index contributed by atoms with van der Waals surface area (Å²) in [6.45, 7) is 8.10. The lowest BCUT2D eigenvalue weighted by molar-refractivity contribution is 0.0948. The number of carbonyl (C=O) groups excluding carboxylic acids is 1. The van der Waals surface area contributed by atoms with Gasteiger partial charge in [0.05, 0.1) is 17.6 Å². The maximum Gasteiger partial charge on any atom is 0.252 e. The summed E-state index contributed by atoms with van der Waals surface area (Å²) in [6, 6.07) is 5.76. The molecular formula is C18H20N4O2. The predicted molar refractivity (Wildman–Crippen MR) is 90.8 cm³/mol. The van der Waals surface area contributed by atoms with Crippen LogP contribution in [0.15, 0.2) is 22.6 Å². The number of aromatic nitrogens is 3. The molecule has 1 N–H and O–H groups in total. The first-order valence-electron chi connectivity index (χ1n) is 7.96. The number of benzene rings is 1. The lowest BCUT2D eigenvalue weighted by atomic mass is 10.0. The topological polar surface area (TPSA) is 80.9 Å². The van der Waals surface area contributed by atoms with E-state index in [0.29, 0.717) is 23.8 Å². The molecule has 0 radical (unpaired) electrons. The minimum absolute atomic E-state index is 0.176. The van der Waals surface area contributed by atoms with Gasteiger partial charge in [0.25, 0.3) is 5.91 Å². The molecule has 0 spiro atoms. The minimum atomic E-state index is -0.176. The summed E-state index contributed by atoms with van der Waals surface area (Å²) in [5.41, 5.74) is 4.54. The molecular weight excluding hydrogens is 304 g/mol. The second-order valence-corrected chi connectivity index (χ2v) is 5.84. The number of aryl methyl sites for hydroxylation is 4.